The molecule has 5 heteroatoms. The smallest absolute Gasteiger partial charge is 0.253 e. The third kappa shape index (κ3) is 4.70. The molecule has 2 heterocycles. The molecule has 3 rings (SSSR count). The first-order valence-corrected chi connectivity index (χ1v) is 9.23. The molecule has 138 valence electrons. The van der Waals surface area contributed by atoms with Crippen molar-refractivity contribution >= 4 is 17.4 Å². The number of aromatic nitrogens is 2. The molecule has 3 aromatic rings. The Labute approximate surface area is 159 Å². The Morgan fingerprint density at radius 1 is 0.926 bits per heavy atom. The molecule has 2 aromatic heterocycles. The SMILES string of the molecule is CCc1cccc(CC)c1Nc1ccc(C(=O)NCc2ccccn2)cn1. The van der Waals surface area contributed by atoms with Crippen LogP contribution >= 0.6 is 0 Å². The summed E-state index contributed by atoms with van der Waals surface area (Å²) in [6, 6.07) is 15.6. The van der Waals surface area contributed by atoms with Crippen LogP contribution in [0.5, 0.6) is 0 Å². The molecule has 0 saturated carbocycles. The van der Waals surface area contributed by atoms with Crippen LogP contribution in [0.25, 0.3) is 0 Å². The van der Waals surface area contributed by atoms with Crippen LogP contribution in [-0.4, -0.2) is 15.9 Å². The maximum absolute atomic E-state index is 12.3. The zero-order chi connectivity index (χ0) is 19.1. The predicted octanol–water partition coefficient (Wildman–Crippen LogP) is 4.28. The number of nitrogens with zero attached hydrogens (tertiary/aromatic N) is 2. The van der Waals surface area contributed by atoms with E-state index in [0.29, 0.717) is 12.1 Å². The van der Waals surface area contributed by atoms with Crippen molar-refractivity contribution in [1.82, 2.24) is 15.3 Å². The first-order valence-electron chi connectivity index (χ1n) is 9.23. The molecule has 0 aliphatic carbocycles. The van der Waals surface area contributed by atoms with Crippen LogP contribution in [0.4, 0.5) is 11.5 Å². The number of hydrogen-bond acceptors (Lipinski definition) is 4. The van der Waals surface area contributed by atoms with Gasteiger partial charge in [-0.3, -0.25) is 9.78 Å². The lowest BCUT2D eigenvalue weighted by atomic mass is 10.0. The number of carbonyl (C=O) groups excluding carboxylic acids is 1. The predicted molar refractivity (Wildman–Crippen MR) is 108 cm³/mol. The summed E-state index contributed by atoms with van der Waals surface area (Å²) in [5.74, 6) is 0.565. The summed E-state index contributed by atoms with van der Waals surface area (Å²) >= 11 is 0. The number of carbonyl (C=O) groups is 1. The molecule has 0 aliphatic rings. The van der Waals surface area contributed by atoms with Crippen molar-refractivity contribution in [2.24, 2.45) is 0 Å². The topological polar surface area (TPSA) is 66.9 Å². The van der Waals surface area contributed by atoms with Gasteiger partial charge in [0.1, 0.15) is 5.82 Å². The van der Waals surface area contributed by atoms with Crippen LogP contribution in [0.2, 0.25) is 0 Å². The van der Waals surface area contributed by atoms with E-state index in [0.717, 1.165) is 30.0 Å². The highest BCUT2D eigenvalue weighted by atomic mass is 16.1. The summed E-state index contributed by atoms with van der Waals surface area (Å²) in [5.41, 5.74) is 4.97. The number of pyridine rings is 2. The second-order valence-corrected chi connectivity index (χ2v) is 6.22. The Kier molecular flexibility index (Phi) is 6.15. The van der Waals surface area contributed by atoms with Crippen LogP contribution < -0.4 is 10.6 Å². The Bertz CT molecular complexity index is 870. The van der Waals surface area contributed by atoms with Crippen LogP contribution in [0.3, 0.4) is 0 Å². The number of para-hydroxylation sites is 1. The summed E-state index contributed by atoms with van der Waals surface area (Å²) in [6.45, 7) is 4.67. The Morgan fingerprint density at radius 2 is 1.70 bits per heavy atom. The van der Waals surface area contributed by atoms with E-state index >= 15 is 0 Å². The second kappa shape index (κ2) is 8.94. The van der Waals surface area contributed by atoms with Crippen molar-refractivity contribution in [2.45, 2.75) is 33.2 Å². The largest absolute Gasteiger partial charge is 0.346 e. The van der Waals surface area contributed by atoms with E-state index in [-0.39, 0.29) is 5.91 Å². The maximum atomic E-state index is 12.3. The highest BCUT2D eigenvalue weighted by molar-refractivity contribution is 5.94. The van der Waals surface area contributed by atoms with Crippen LogP contribution in [0.15, 0.2) is 60.9 Å². The van der Waals surface area contributed by atoms with E-state index in [1.807, 2.05) is 24.3 Å². The van der Waals surface area contributed by atoms with E-state index in [2.05, 4.69) is 52.6 Å². The third-order valence-electron chi connectivity index (χ3n) is 4.43. The minimum atomic E-state index is -0.164. The number of aryl methyl sites for hydroxylation is 2. The van der Waals surface area contributed by atoms with Crippen molar-refractivity contribution < 1.29 is 4.79 Å². The second-order valence-electron chi connectivity index (χ2n) is 6.22. The minimum absolute atomic E-state index is 0.164. The van der Waals surface area contributed by atoms with E-state index in [1.54, 1.807) is 18.5 Å². The summed E-state index contributed by atoms with van der Waals surface area (Å²) < 4.78 is 0. The maximum Gasteiger partial charge on any atom is 0.253 e. The fourth-order valence-electron chi connectivity index (χ4n) is 2.91. The molecule has 5 nitrogen and oxygen atoms in total. The van der Waals surface area contributed by atoms with Gasteiger partial charge in [-0.15, -0.1) is 0 Å². The van der Waals surface area contributed by atoms with Gasteiger partial charge >= 0.3 is 0 Å². The molecule has 0 radical (unpaired) electrons. The Morgan fingerprint density at radius 3 is 2.30 bits per heavy atom. The lowest BCUT2D eigenvalue weighted by molar-refractivity contribution is 0.0950. The molecular weight excluding hydrogens is 336 g/mol. The summed E-state index contributed by atoms with van der Waals surface area (Å²) in [7, 11) is 0. The van der Waals surface area contributed by atoms with E-state index in [4.69, 9.17) is 0 Å². The van der Waals surface area contributed by atoms with Gasteiger partial charge in [-0.2, -0.15) is 0 Å². The van der Waals surface area contributed by atoms with E-state index in [1.165, 1.54) is 11.1 Å². The van der Waals surface area contributed by atoms with Gasteiger partial charge in [0.15, 0.2) is 0 Å². The summed E-state index contributed by atoms with van der Waals surface area (Å²) in [5, 5.41) is 6.27. The molecule has 1 amide bonds. The highest BCUT2D eigenvalue weighted by Crippen LogP contribution is 2.25. The standard InChI is InChI=1S/C22H24N4O/c1-3-16-8-7-9-17(4-2)21(16)26-20-12-11-18(14-24-20)22(27)25-15-19-10-5-6-13-23-19/h5-14H,3-4,15H2,1-2H3,(H,24,26)(H,25,27). The quantitative estimate of drug-likeness (QED) is 0.660. The molecule has 0 bridgehead atoms. The van der Waals surface area contributed by atoms with Gasteiger partial charge < -0.3 is 10.6 Å². The number of amides is 1. The van der Waals surface area contributed by atoms with Gasteiger partial charge in [0, 0.05) is 18.1 Å². The number of hydrogen-bond donors (Lipinski definition) is 2. The van der Waals surface area contributed by atoms with E-state index in [9.17, 15) is 4.79 Å². The molecule has 1 aromatic carbocycles. The van der Waals surface area contributed by atoms with E-state index < -0.39 is 0 Å². The average molecular weight is 360 g/mol. The third-order valence-corrected chi connectivity index (χ3v) is 4.43. The minimum Gasteiger partial charge on any atom is -0.346 e. The molecule has 27 heavy (non-hydrogen) atoms. The molecule has 0 unspecified atom stereocenters. The molecule has 0 fully saturated rings. The molecular formula is C22H24N4O. The zero-order valence-electron chi connectivity index (χ0n) is 15.7. The van der Waals surface area contributed by atoms with Gasteiger partial charge in [-0.1, -0.05) is 38.1 Å². The Hall–Kier alpha value is -3.21. The van der Waals surface area contributed by atoms with Crippen LogP contribution in [-0.2, 0) is 19.4 Å². The van der Waals surface area contributed by atoms with Crippen molar-refractivity contribution in [1.29, 1.82) is 0 Å². The molecule has 0 atom stereocenters. The van der Waals surface area contributed by atoms with Gasteiger partial charge in [0.05, 0.1) is 17.8 Å². The fraction of sp³-hybridized carbons (Fsp3) is 0.227. The molecule has 0 spiro atoms. The molecule has 2 N–H and O–H groups in total. The fourth-order valence-corrected chi connectivity index (χ4v) is 2.91. The average Bonchev–Trinajstić information content (AvgIpc) is 2.73. The normalized spacial score (nSPS) is 10.4. The number of benzene rings is 1. The van der Waals surface area contributed by atoms with Crippen molar-refractivity contribution in [2.75, 3.05) is 5.32 Å². The molecule has 0 aliphatic heterocycles. The zero-order valence-corrected chi connectivity index (χ0v) is 15.7. The van der Waals surface area contributed by atoms with Gasteiger partial charge in [0.25, 0.3) is 5.91 Å². The monoisotopic (exact) mass is 360 g/mol. The Balaban J connectivity index is 1.68. The van der Waals surface area contributed by atoms with Crippen molar-refractivity contribution in [3.8, 4) is 0 Å². The lowest BCUT2D eigenvalue weighted by Crippen LogP contribution is -2.23. The summed E-state index contributed by atoms with van der Waals surface area (Å²) in [4.78, 5) is 20.9. The highest BCUT2D eigenvalue weighted by Gasteiger charge is 2.09. The first kappa shape index (κ1) is 18.6. The summed E-state index contributed by atoms with van der Waals surface area (Å²) in [6.07, 6.45) is 5.20. The van der Waals surface area contributed by atoms with Crippen LogP contribution in [0.1, 0.15) is 41.0 Å². The first-order chi connectivity index (χ1) is 13.2. The van der Waals surface area contributed by atoms with Crippen molar-refractivity contribution in [3.63, 3.8) is 0 Å². The number of rotatable bonds is 7. The van der Waals surface area contributed by atoms with Gasteiger partial charge in [-0.25, -0.2) is 4.98 Å². The number of anilines is 2. The van der Waals surface area contributed by atoms with Crippen LogP contribution in [0, 0.1) is 0 Å². The van der Waals surface area contributed by atoms with Crippen molar-refractivity contribution in [3.05, 3.63) is 83.3 Å². The van der Waals surface area contributed by atoms with Gasteiger partial charge in [0.2, 0.25) is 0 Å². The lowest BCUT2D eigenvalue weighted by Gasteiger charge is -2.15. The van der Waals surface area contributed by atoms with Gasteiger partial charge in [-0.05, 0) is 48.2 Å². The number of nitrogens with one attached hydrogen (secondary N) is 2. The molecule has 0 saturated heterocycles.